The molecule has 0 fully saturated rings. The molecule has 1 heterocycles. The standard InChI is InChI=1S/C12H14BrN3S/c1-2-6-16-11(14-15-12(16)17)8-9-4-3-5-10(13)7-9/h3-5,7H,2,6,8H2,1H3,(H,15,17). The first-order valence-electron chi connectivity index (χ1n) is 5.59. The van der Waals surface area contributed by atoms with Crippen LogP contribution in [0.4, 0.5) is 0 Å². The number of halogens is 1. The van der Waals surface area contributed by atoms with Gasteiger partial charge in [-0.25, -0.2) is 0 Å². The third-order valence-electron chi connectivity index (χ3n) is 2.54. The summed E-state index contributed by atoms with van der Waals surface area (Å²) in [6.45, 7) is 3.05. The van der Waals surface area contributed by atoms with Gasteiger partial charge in [0.25, 0.3) is 0 Å². The van der Waals surface area contributed by atoms with Gasteiger partial charge in [-0.05, 0) is 36.3 Å². The first-order valence-corrected chi connectivity index (χ1v) is 6.79. The summed E-state index contributed by atoms with van der Waals surface area (Å²) in [5, 5.41) is 7.15. The van der Waals surface area contributed by atoms with Crippen molar-refractivity contribution in [1.29, 1.82) is 0 Å². The van der Waals surface area contributed by atoms with Gasteiger partial charge in [-0.15, -0.1) is 0 Å². The summed E-state index contributed by atoms with van der Waals surface area (Å²) >= 11 is 8.69. The molecule has 5 heteroatoms. The molecule has 0 saturated carbocycles. The highest BCUT2D eigenvalue weighted by atomic mass is 79.9. The van der Waals surface area contributed by atoms with Gasteiger partial charge in [0.1, 0.15) is 5.82 Å². The molecule has 0 aliphatic heterocycles. The van der Waals surface area contributed by atoms with Crippen LogP contribution in [0.5, 0.6) is 0 Å². The Morgan fingerprint density at radius 3 is 3.00 bits per heavy atom. The van der Waals surface area contributed by atoms with Gasteiger partial charge in [0, 0.05) is 17.4 Å². The van der Waals surface area contributed by atoms with Gasteiger partial charge in [0.2, 0.25) is 0 Å². The Morgan fingerprint density at radius 1 is 1.47 bits per heavy atom. The van der Waals surface area contributed by atoms with Crippen molar-refractivity contribution < 1.29 is 0 Å². The van der Waals surface area contributed by atoms with E-state index in [1.54, 1.807) is 0 Å². The van der Waals surface area contributed by atoms with E-state index in [-0.39, 0.29) is 0 Å². The van der Waals surface area contributed by atoms with Crippen molar-refractivity contribution >= 4 is 28.1 Å². The topological polar surface area (TPSA) is 33.6 Å². The molecule has 1 aromatic heterocycles. The molecule has 2 rings (SSSR count). The molecular formula is C12H14BrN3S. The first kappa shape index (κ1) is 12.5. The number of aromatic amines is 1. The fourth-order valence-corrected chi connectivity index (χ4v) is 2.46. The van der Waals surface area contributed by atoms with Crippen molar-refractivity contribution in [2.45, 2.75) is 26.3 Å². The number of hydrogen-bond donors (Lipinski definition) is 1. The molecule has 0 aliphatic carbocycles. The highest BCUT2D eigenvalue weighted by Crippen LogP contribution is 2.14. The lowest BCUT2D eigenvalue weighted by Gasteiger charge is -2.05. The molecule has 90 valence electrons. The predicted octanol–water partition coefficient (Wildman–Crippen LogP) is 3.70. The van der Waals surface area contributed by atoms with Crippen molar-refractivity contribution in [3.8, 4) is 0 Å². The van der Waals surface area contributed by atoms with Crippen LogP contribution in [-0.2, 0) is 13.0 Å². The van der Waals surface area contributed by atoms with Crippen LogP contribution in [0.1, 0.15) is 24.7 Å². The number of hydrogen-bond acceptors (Lipinski definition) is 2. The van der Waals surface area contributed by atoms with Crippen LogP contribution in [0.2, 0.25) is 0 Å². The quantitative estimate of drug-likeness (QED) is 0.873. The van der Waals surface area contributed by atoms with Gasteiger partial charge in [-0.1, -0.05) is 35.0 Å². The van der Waals surface area contributed by atoms with E-state index in [0.29, 0.717) is 4.77 Å². The van der Waals surface area contributed by atoms with Gasteiger partial charge in [0.05, 0.1) is 0 Å². The zero-order valence-corrected chi connectivity index (χ0v) is 12.0. The Hall–Kier alpha value is -0.940. The molecule has 3 nitrogen and oxygen atoms in total. The molecule has 0 amide bonds. The molecule has 17 heavy (non-hydrogen) atoms. The Kier molecular flexibility index (Phi) is 4.12. The number of rotatable bonds is 4. The van der Waals surface area contributed by atoms with E-state index in [1.165, 1.54) is 5.56 Å². The summed E-state index contributed by atoms with van der Waals surface area (Å²) in [5.41, 5.74) is 1.23. The molecule has 1 N–H and O–H groups in total. The maximum atomic E-state index is 5.22. The molecular weight excluding hydrogens is 298 g/mol. The van der Waals surface area contributed by atoms with Gasteiger partial charge < -0.3 is 4.57 Å². The average Bonchev–Trinajstić information content (AvgIpc) is 2.62. The normalized spacial score (nSPS) is 10.7. The van der Waals surface area contributed by atoms with E-state index < -0.39 is 0 Å². The maximum absolute atomic E-state index is 5.22. The second kappa shape index (κ2) is 5.60. The lowest BCUT2D eigenvalue weighted by molar-refractivity contribution is 0.639. The van der Waals surface area contributed by atoms with E-state index in [1.807, 2.05) is 12.1 Å². The van der Waals surface area contributed by atoms with E-state index in [2.05, 4.69) is 49.8 Å². The van der Waals surface area contributed by atoms with Crippen LogP contribution in [-0.4, -0.2) is 14.8 Å². The average molecular weight is 312 g/mol. The third kappa shape index (κ3) is 3.04. The van der Waals surface area contributed by atoms with E-state index in [0.717, 1.165) is 29.7 Å². The summed E-state index contributed by atoms with van der Waals surface area (Å²) in [4.78, 5) is 0. The first-order chi connectivity index (χ1) is 8.20. The van der Waals surface area contributed by atoms with Crippen LogP contribution in [0.15, 0.2) is 28.7 Å². The minimum atomic E-state index is 0.705. The van der Waals surface area contributed by atoms with Gasteiger partial charge in [0.15, 0.2) is 4.77 Å². The number of nitrogens with one attached hydrogen (secondary N) is 1. The second-order valence-corrected chi connectivity index (χ2v) is 5.21. The van der Waals surface area contributed by atoms with Crippen molar-refractivity contribution in [2.75, 3.05) is 0 Å². The monoisotopic (exact) mass is 311 g/mol. The highest BCUT2D eigenvalue weighted by molar-refractivity contribution is 9.10. The van der Waals surface area contributed by atoms with Crippen molar-refractivity contribution in [3.05, 3.63) is 44.9 Å². The van der Waals surface area contributed by atoms with Crippen LogP contribution >= 0.6 is 28.1 Å². The predicted molar refractivity (Wildman–Crippen MR) is 74.7 cm³/mol. The molecule has 2 aromatic rings. The fourth-order valence-electron chi connectivity index (χ4n) is 1.77. The lowest BCUT2D eigenvalue weighted by atomic mass is 10.1. The largest absolute Gasteiger partial charge is 0.304 e. The Balaban J connectivity index is 2.27. The number of nitrogens with zero attached hydrogens (tertiary/aromatic N) is 2. The third-order valence-corrected chi connectivity index (χ3v) is 3.34. The SMILES string of the molecule is CCCn1c(Cc2cccc(Br)c2)n[nH]c1=S. The molecule has 0 atom stereocenters. The molecule has 1 aromatic carbocycles. The van der Waals surface area contributed by atoms with E-state index >= 15 is 0 Å². The summed E-state index contributed by atoms with van der Waals surface area (Å²) in [7, 11) is 0. The van der Waals surface area contributed by atoms with Crippen molar-refractivity contribution in [2.24, 2.45) is 0 Å². The molecule has 0 aliphatic rings. The smallest absolute Gasteiger partial charge is 0.195 e. The van der Waals surface area contributed by atoms with Crippen molar-refractivity contribution in [1.82, 2.24) is 14.8 Å². The minimum absolute atomic E-state index is 0.705. The molecule has 0 spiro atoms. The maximum Gasteiger partial charge on any atom is 0.195 e. The molecule has 0 unspecified atom stereocenters. The Bertz CT molecular complexity index is 559. The van der Waals surface area contributed by atoms with Crippen LogP contribution < -0.4 is 0 Å². The van der Waals surface area contributed by atoms with Crippen LogP contribution in [0, 0.1) is 4.77 Å². The number of H-pyrrole nitrogens is 1. The van der Waals surface area contributed by atoms with E-state index in [9.17, 15) is 0 Å². The Morgan fingerprint density at radius 2 is 2.29 bits per heavy atom. The van der Waals surface area contributed by atoms with Crippen molar-refractivity contribution in [3.63, 3.8) is 0 Å². The van der Waals surface area contributed by atoms with Gasteiger partial charge in [-0.3, -0.25) is 5.10 Å². The molecule has 0 saturated heterocycles. The fraction of sp³-hybridized carbons (Fsp3) is 0.333. The zero-order chi connectivity index (χ0) is 12.3. The second-order valence-electron chi connectivity index (χ2n) is 3.90. The summed E-state index contributed by atoms with van der Waals surface area (Å²) in [5.74, 6) is 0.995. The molecule has 0 bridgehead atoms. The lowest BCUT2D eigenvalue weighted by Crippen LogP contribution is -2.04. The van der Waals surface area contributed by atoms with Gasteiger partial charge in [-0.2, -0.15) is 5.10 Å². The summed E-state index contributed by atoms with van der Waals surface area (Å²) < 4.78 is 3.86. The van der Waals surface area contributed by atoms with Crippen LogP contribution in [0.3, 0.4) is 0 Å². The summed E-state index contributed by atoms with van der Waals surface area (Å²) in [6.07, 6.45) is 1.85. The molecule has 0 radical (unpaired) electrons. The van der Waals surface area contributed by atoms with Gasteiger partial charge >= 0.3 is 0 Å². The Labute approximate surface area is 114 Å². The van der Waals surface area contributed by atoms with E-state index in [4.69, 9.17) is 12.2 Å². The summed E-state index contributed by atoms with van der Waals surface area (Å²) in [6, 6.07) is 8.25. The number of aromatic nitrogens is 3. The number of benzene rings is 1. The highest BCUT2D eigenvalue weighted by Gasteiger charge is 2.06. The van der Waals surface area contributed by atoms with Crippen LogP contribution in [0.25, 0.3) is 0 Å². The zero-order valence-electron chi connectivity index (χ0n) is 9.61. The minimum Gasteiger partial charge on any atom is -0.304 e.